The van der Waals surface area contributed by atoms with Crippen molar-refractivity contribution < 1.29 is 29.1 Å². The first-order valence-electron chi connectivity index (χ1n) is 13.8. The largest absolute Gasteiger partial charge is 0.393 e. The lowest BCUT2D eigenvalue weighted by atomic mass is 9.85. The molecule has 0 aromatic rings. The van der Waals surface area contributed by atoms with Crippen LogP contribution in [-0.4, -0.2) is 41.1 Å². The molecule has 39 heavy (non-hydrogen) atoms. The zero-order chi connectivity index (χ0) is 33.0. The molecule has 1 N–H and O–H groups in total. The van der Waals surface area contributed by atoms with Gasteiger partial charge in [-0.25, -0.2) is 0 Å². The molecule has 0 saturated heterocycles. The molecule has 0 aliphatic heterocycles. The molecule has 0 aliphatic rings. The van der Waals surface area contributed by atoms with E-state index in [0.717, 1.165) is 25.4 Å². The Kier molecular flexibility index (Phi) is 38.7. The van der Waals surface area contributed by atoms with Crippen molar-refractivity contribution in [1.82, 2.24) is 0 Å². The summed E-state index contributed by atoms with van der Waals surface area (Å²) in [7, 11) is 0. The molecule has 0 radical (unpaired) electrons. The number of aliphatic hydroxyl groups excluding tert-OH is 1. The summed E-state index contributed by atoms with van der Waals surface area (Å²) in [6.45, 7) is 34.5. The molecule has 6 nitrogen and oxygen atoms in total. The van der Waals surface area contributed by atoms with Gasteiger partial charge in [0.05, 0.1) is 6.10 Å². The highest BCUT2D eigenvalue weighted by molar-refractivity contribution is 5.83. The van der Waals surface area contributed by atoms with Gasteiger partial charge in [-0.3, -0.25) is 14.4 Å². The van der Waals surface area contributed by atoms with Gasteiger partial charge in [0.2, 0.25) is 0 Å². The molecule has 0 aliphatic carbocycles. The number of aldehydes is 2. The summed E-state index contributed by atoms with van der Waals surface area (Å²) in [5.41, 5.74) is -0.663. The van der Waals surface area contributed by atoms with E-state index in [9.17, 15) is 24.0 Å². The number of ketones is 3. The van der Waals surface area contributed by atoms with Gasteiger partial charge < -0.3 is 14.7 Å². The number of carbonyl (C=O) groups is 5. The van der Waals surface area contributed by atoms with Crippen molar-refractivity contribution in [3.8, 4) is 0 Å². The van der Waals surface area contributed by atoms with Gasteiger partial charge >= 0.3 is 0 Å². The lowest BCUT2D eigenvalue weighted by molar-refractivity contribution is -0.127. The number of allylic oxidation sites excluding steroid dienone is 2. The van der Waals surface area contributed by atoms with Crippen LogP contribution in [0.3, 0.4) is 0 Å². The predicted molar refractivity (Wildman–Crippen MR) is 168 cm³/mol. The minimum atomic E-state index is -0.457. The SMILES string of the molecule is C=CCC.C=CCC(C)(C)C(C)=O.CC(=O)C(C)(C)CC=O.CC(=O)C(C)C.CC(C)C(C)O.CC(C)C=O. The number of Topliss-reactive ketones (excluding diaryl/α,β-unsaturated/α-hetero) is 3. The van der Waals surface area contributed by atoms with Gasteiger partial charge in [-0.1, -0.05) is 88.3 Å². The number of hydrogen-bond acceptors (Lipinski definition) is 6. The van der Waals surface area contributed by atoms with Crippen LogP contribution in [-0.2, 0) is 24.0 Å². The van der Waals surface area contributed by atoms with Gasteiger partial charge in [0, 0.05) is 29.1 Å². The standard InChI is InChI=1S/C8H14O.C7H12O2.C5H12O.C5H10O.C4H8O.C4H8/c1-5-6-8(3,4)7(2)9;1-6(9)7(2,3)4-5-8;2*1-4(2)5(3)6;1-4(2)3-5;1-3-4-2/h5H,1,6H2,2-4H3;5H,4H2,1-3H3;4-6H,1-3H3;4H,1-3H3;3-4H,1-2H3;3H,1,4H2,2H3. The summed E-state index contributed by atoms with van der Waals surface area (Å²) >= 11 is 0. The number of carbonyl (C=O) groups excluding carboxylic acids is 5. The highest BCUT2D eigenvalue weighted by Crippen LogP contribution is 2.21. The van der Waals surface area contributed by atoms with E-state index in [1.807, 2.05) is 61.5 Å². The summed E-state index contributed by atoms with van der Waals surface area (Å²) in [6, 6.07) is 0. The predicted octanol–water partition coefficient (Wildman–Crippen LogP) is 8.05. The summed E-state index contributed by atoms with van der Waals surface area (Å²) in [5.74, 6) is 1.37. The van der Waals surface area contributed by atoms with E-state index in [-0.39, 0.29) is 40.7 Å². The van der Waals surface area contributed by atoms with Crippen LogP contribution in [0.25, 0.3) is 0 Å². The lowest BCUT2D eigenvalue weighted by Crippen LogP contribution is -2.21. The molecule has 0 rings (SSSR count). The minimum Gasteiger partial charge on any atom is -0.393 e. The lowest BCUT2D eigenvalue weighted by Gasteiger charge is -2.17. The third-order valence-electron chi connectivity index (χ3n) is 5.49. The average Bonchev–Trinajstić information content (AvgIpc) is 2.80. The molecule has 0 bridgehead atoms. The van der Waals surface area contributed by atoms with Crippen molar-refractivity contribution in [2.45, 2.75) is 129 Å². The highest BCUT2D eigenvalue weighted by Gasteiger charge is 2.22. The molecule has 0 heterocycles. The van der Waals surface area contributed by atoms with Gasteiger partial charge in [-0.2, -0.15) is 0 Å². The second-order valence-electron chi connectivity index (χ2n) is 11.6. The Balaban J connectivity index is -0.0000000858. The fraction of sp³-hybridized carbons (Fsp3) is 0.727. The maximum Gasteiger partial charge on any atom is 0.135 e. The molecule has 0 amide bonds. The maximum atomic E-state index is 10.8. The van der Waals surface area contributed by atoms with E-state index >= 15 is 0 Å². The highest BCUT2D eigenvalue weighted by atomic mass is 16.3. The molecular formula is C33H64O6. The number of hydrogen-bond donors (Lipinski definition) is 1. The van der Waals surface area contributed by atoms with Gasteiger partial charge in [0.1, 0.15) is 29.9 Å². The van der Waals surface area contributed by atoms with Crippen LogP contribution >= 0.6 is 0 Å². The molecule has 0 fully saturated rings. The Morgan fingerprint density at radius 2 is 1.00 bits per heavy atom. The molecular weight excluding hydrogens is 492 g/mol. The average molecular weight is 557 g/mol. The first-order valence-corrected chi connectivity index (χ1v) is 13.8. The Morgan fingerprint density at radius 1 is 0.744 bits per heavy atom. The van der Waals surface area contributed by atoms with Gasteiger partial charge in [0.25, 0.3) is 0 Å². The van der Waals surface area contributed by atoms with Gasteiger partial charge in [-0.05, 0) is 46.5 Å². The zero-order valence-electron chi connectivity index (χ0n) is 28.1. The molecule has 0 aromatic carbocycles. The normalized spacial score (nSPS) is 10.6. The van der Waals surface area contributed by atoms with Crippen LogP contribution in [0, 0.1) is 28.6 Å². The van der Waals surface area contributed by atoms with Crippen LogP contribution in [0.1, 0.15) is 123 Å². The van der Waals surface area contributed by atoms with Crippen LogP contribution < -0.4 is 0 Å². The Hall–Kier alpha value is -2.21. The molecule has 0 saturated carbocycles. The number of rotatable bonds is 10. The van der Waals surface area contributed by atoms with Crippen LogP contribution in [0.2, 0.25) is 0 Å². The second kappa shape index (κ2) is 30.3. The van der Waals surface area contributed by atoms with Crippen molar-refractivity contribution in [3.63, 3.8) is 0 Å². The molecule has 0 spiro atoms. The Labute approximate surface area is 242 Å². The van der Waals surface area contributed by atoms with E-state index in [1.165, 1.54) is 6.92 Å². The molecule has 1 unspecified atom stereocenters. The monoisotopic (exact) mass is 556 g/mol. The summed E-state index contributed by atoms with van der Waals surface area (Å²) in [6.07, 6.45) is 7.37. The summed E-state index contributed by atoms with van der Waals surface area (Å²) < 4.78 is 0. The zero-order valence-corrected chi connectivity index (χ0v) is 28.1. The first-order chi connectivity index (χ1) is 17.5. The maximum absolute atomic E-state index is 10.8. The van der Waals surface area contributed by atoms with Crippen molar-refractivity contribution in [1.29, 1.82) is 0 Å². The van der Waals surface area contributed by atoms with E-state index in [4.69, 9.17) is 5.11 Å². The van der Waals surface area contributed by atoms with E-state index < -0.39 is 5.41 Å². The van der Waals surface area contributed by atoms with E-state index in [0.29, 0.717) is 12.3 Å². The van der Waals surface area contributed by atoms with Gasteiger partial charge in [-0.15, -0.1) is 13.2 Å². The fourth-order valence-electron chi connectivity index (χ4n) is 0.857. The van der Waals surface area contributed by atoms with Crippen LogP contribution in [0.15, 0.2) is 25.3 Å². The summed E-state index contributed by atoms with van der Waals surface area (Å²) in [4.78, 5) is 51.1. The first kappa shape index (κ1) is 49.7. The molecule has 6 heteroatoms. The minimum absolute atomic E-state index is 0.0644. The van der Waals surface area contributed by atoms with Crippen LogP contribution in [0.4, 0.5) is 0 Å². The number of aliphatic hydroxyl groups is 1. The second-order valence-corrected chi connectivity index (χ2v) is 11.6. The van der Waals surface area contributed by atoms with Gasteiger partial charge in [0.15, 0.2) is 0 Å². The Morgan fingerprint density at radius 3 is 1.05 bits per heavy atom. The molecule has 232 valence electrons. The van der Waals surface area contributed by atoms with Crippen molar-refractivity contribution in [3.05, 3.63) is 25.3 Å². The topological polar surface area (TPSA) is 106 Å². The quantitative estimate of drug-likeness (QED) is 0.215. The van der Waals surface area contributed by atoms with E-state index in [2.05, 4.69) is 20.1 Å². The van der Waals surface area contributed by atoms with Crippen molar-refractivity contribution in [2.75, 3.05) is 0 Å². The molecule has 1 atom stereocenters. The molecule has 0 aromatic heterocycles. The Bertz CT molecular complexity index is 615. The smallest absolute Gasteiger partial charge is 0.135 e. The van der Waals surface area contributed by atoms with E-state index in [1.54, 1.807) is 40.7 Å². The fourth-order valence-corrected chi connectivity index (χ4v) is 0.857. The third-order valence-corrected chi connectivity index (χ3v) is 5.49. The summed E-state index contributed by atoms with van der Waals surface area (Å²) in [5, 5.41) is 8.63. The van der Waals surface area contributed by atoms with Crippen LogP contribution in [0.5, 0.6) is 0 Å². The third kappa shape index (κ3) is 49.3. The van der Waals surface area contributed by atoms with Crippen molar-refractivity contribution >= 4 is 29.9 Å². The van der Waals surface area contributed by atoms with Crippen molar-refractivity contribution in [2.24, 2.45) is 28.6 Å².